The van der Waals surface area contributed by atoms with E-state index in [1.54, 1.807) is 20.8 Å². The second-order valence-electron chi connectivity index (χ2n) is 26.2. The van der Waals surface area contributed by atoms with Crippen molar-refractivity contribution in [2.24, 2.45) is 0 Å². The van der Waals surface area contributed by atoms with E-state index in [2.05, 4.69) is 20.8 Å². The summed E-state index contributed by atoms with van der Waals surface area (Å²) in [4.78, 5) is 41.3. The molecular weight excluding hydrogens is 1180 g/mol. The third-order valence-corrected chi connectivity index (χ3v) is 18.6. The van der Waals surface area contributed by atoms with Crippen LogP contribution in [0.5, 0.6) is 0 Å². The Balaban J connectivity index is 1.29. The summed E-state index contributed by atoms with van der Waals surface area (Å²) in [5.74, 6) is -2.01. The third kappa shape index (κ3) is 22.7. The Morgan fingerprint density at radius 3 is 1.46 bits per heavy atom. The molecule has 0 bridgehead atoms. The fraction of sp³-hybridized carbons (Fsp3) is 0.955. The van der Waals surface area contributed by atoms with Gasteiger partial charge in [-0.25, -0.2) is 0 Å². The van der Waals surface area contributed by atoms with Crippen LogP contribution in [0.4, 0.5) is 0 Å². The first-order valence-corrected chi connectivity index (χ1v) is 34.8. The Morgan fingerprint density at radius 2 is 0.833 bits per heavy atom. The molecule has 0 aliphatic carbocycles. The van der Waals surface area contributed by atoms with Crippen LogP contribution in [0.3, 0.4) is 0 Å². The lowest BCUT2D eigenvalue weighted by Crippen LogP contribution is -2.68. The highest BCUT2D eigenvalue weighted by molar-refractivity contribution is 5.70. The molecule has 0 aromatic heterocycles. The van der Waals surface area contributed by atoms with Crippen LogP contribution < -0.4 is 0 Å². The van der Waals surface area contributed by atoms with Crippen LogP contribution in [0.15, 0.2) is 0 Å². The molecule has 0 aromatic carbocycles. The topological polar surface area (TPSA) is 333 Å². The van der Waals surface area contributed by atoms with Gasteiger partial charge in [0.25, 0.3) is 0 Å². The van der Waals surface area contributed by atoms with Gasteiger partial charge in [0, 0.05) is 19.3 Å². The molecule has 6 saturated heterocycles. The number of ether oxygens (including phenoxy) is 13. The fourth-order valence-corrected chi connectivity index (χ4v) is 13.0. The highest BCUT2D eigenvalue weighted by Gasteiger charge is 2.58. The molecule has 6 aliphatic heterocycles. The molecule has 90 heavy (non-hydrogen) atoms. The van der Waals surface area contributed by atoms with Gasteiger partial charge in [-0.3, -0.25) is 14.4 Å². The number of carbonyl (C=O) groups excluding carboxylic acids is 3. The Bertz CT molecular complexity index is 2030. The normalized spacial score (nSPS) is 40.3. The first-order valence-electron chi connectivity index (χ1n) is 34.8. The molecule has 24 heteroatoms. The van der Waals surface area contributed by atoms with Crippen molar-refractivity contribution in [3.05, 3.63) is 0 Å². The van der Waals surface area contributed by atoms with E-state index in [9.17, 15) is 55.2 Å². The maximum Gasteiger partial charge on any atom is 0.306 e. The Labute approximate surface area is 534 Å². The van der Waals surface area contributed by atoms with Gasteiger partial charge in [-0.05, 0) is 66.7 Å². The zero-order chi connectivity index (χ0) is 65.4. The van der Waals surface area contributed by atoms with Gasteiger partial charge in [-0.15, -0.1) is 0 Å². The monoisotopic (exact) mass is 1290 g/mol. The summed E-state index contributed by atoms with van der Waals surface area (Å²) in [6.45, 7) is 14.0. The first kappa shape index (κ1) is 76.7. The molecule has 0 aromatic rings. The van der Waals surface area contributed by atoms with E-state index in [0.717, 1.165) is 109 Å². The second kappa shape index (κ2) is 39.7. The quantitative estimate of drug-likeness (QED) is 0.0231. The number of carbonyl (C=O) groups is 3. The first-order chi connectivity index (χ1) is 43.2. The van der Waals surface area contributed by atoms with Crippen molar-refractivity contribution in [2.75, 3.05) is 0 Å². The third-order valence-electron chi connectivity index (χ3n) is 18.6. The summed E-state index contributed by atoms with van der Waals surface area (Å²) < 4.78 is 82.6. The second-order valence-corrected chi connectivity index (χ2v) is 26.2. The number of aliphatic hydroxyl groups excluding tert-OH is 8. The molecule has 24 nitrogen and oxygen atoms in total. The molecule has 0 radical (unpaired) electrons. The SMILES string of the molecule is CCCCCCCCCCCC(=O)O[C@@H]1[C@@H](O)[C@@H](O)[C@H](O[C@@H]2[C@@H](O[C@@H]3O[C@@H](C)[C@H](O)[C@@H](O)[C@H]3O)[C@@H](OC(=O)CCCCCCC)[C@H](O[C@@H]3[C@@H](O)[C@H]4OC(=O)CCCCCCCCC[C@H](CCCCC)O[C@@H]5O[C@H](C)[C@H](O)[C@H](O)[C@H]5O[C@@H]4O[C@H]3C)O[C@H]2C)O[C@H]1C. The lowest BCUT2D eigenvalue weighted by molar-refractivity contribution is -0.399. The zero-order valence-electron chi connectivity index (χ0n) is 55.1. The van der Waals surface area contributed by atoms with Crippen LogP contribution >= 0.6 is 0 Å². The minimum atomic E-state index is -1.90. The molecular formula is C66H116O24. The van der Waals surface area contributed by atoms with Crippen LogP contribution in [0, 0.1) is 0 Å². The number of rotatable bonds is 28. The molecule has 0 saturated carbocycles. The highest BCUT2D eigenvalue weighted by atomic mass is 16.8. The highest BCUT2D eigenvalue weighted by Crippen LogP contribution is 2.39. The van der Waals surface area contributed by atoms with E-state index in [4.69, 9.17) is 61.6 Å². The van der Waals surface area contributed by atoms with Crippen molar-refractivity contribution in [1.82, 2.24) is 0 Å². The van der Waals surface area contributed by atoms with Gasteiger partial charge in [-0.2, -0.15) is 0 Å². The number of aliphatic hydroxyl groups is 8. The smallest absolute Gasteiger partial charge is 0.306 e. The van der Waals surface area contributed by atoms with Crippen LogP contribution in [-0.4, -0.2) is 218 Å². The van der Waals surface area contributed by atoms with E-state index < -0.39 is 171 Å². The van der Waals surface area contributed by atoms with Gasteiger partial charge >= 0.3 is 17.9 Å². The predicted octanol–water partition coefficient (Wildman–Crippen LogP) is 6.65. The van der Waals surface area contributed by atoms with Crippen LogP contribution in [0.25, 0.3) is 0 Å². The van der Waals surface area contributed by atoms with E-state index >= 15 is 0 Å². The zero-order valence-corrected chi connectivity index (χ0v) is 55.1. The molecule has 26 atom stereocenters. The number of unbranched alkanes of at least 4 members (excludes halogenated alkanes) is 14. The van der Waals surface area contributed by atoms with Gasteiger partial charge in [0.15, 0.2) is 49.8 Å². The summed E-state index contributed by atoms with van der Waals surface area (Å²) in [5.41, 5.74) is 0. The van der Waals surface area contributed by atoms with Gasteiger partial charge < -0.3 is 102 Å². The minimum absolute atomic E-state index is 0.0203. The Kier molecular flexibility index (Phi) is 33.8. The summed E-state index contributed by atoms with van der Waals surface area (Å²) >= 11 is 0. The standard InChI is InChI=1S/C66H116O24/c1-9-12-15-17-18-19-22-26-31-35-44(67)84-55-40(6)80-63(53(76)51(55)74)88-57-42(8)82-66(61(86-46(69)37-30-24-16-13-10-2)60(57)90-62-52(75)49(72)47(70)38(4)78-62)87-56-41(7)81-65-59(54(56)77)85-45(68)36-32-27-23-20-21-25-29-34-43(33-28-14-11-3)83-64-58(89-65)50(73)48(71)39(5)79-64/h38-43,47-66,70-77H,9-37H2,1-8H3/t38-,39+,40-,41-,42-,43-,47-,48-,49+,50-,51-,52+,53+,54+,55-,56-,57-,58+,59+,60+,61+,62-,63-,64-,65-,66-/m0/s1. The van der Waals surface area contributed by atoms with E-state index in [1.807, 2.05) is 0 Å². The van der Waals surface area contributed by atoms with E-state index in [-0.39, 0.29) is 25.4 Å². The van der Waals surface area contributed by atoms with Crippen molar-refractivity contribution in [1.29, 1.82) is 0 Å². The molecule has 0 spiro atoms. The Morgan fingerprint density at radius 1 is 0.389 bits per heavy atom. The minimum Gasteiger partial charge on any atom is -0.457 e. The summed E-state index contributed by atoms with van der Waals surface area (Å²) in [6, 6.07) is 0. The fourth-order valence-electron chi connectivity index (χ4n) is 13.0. The molecule has 0 unspecified atom stereocenters. The molecule has 6 rings (SSSR count). The maximum atomic E-state index is 14.2. The summed E-state index contributed by atoms with van der Waals surface area (Å²) in [6.07, 6.45) is -14.6. The molecule has 524 valence electrons. The molecule has 6 aliphatic rings. The number of fused-ring (bicyclic) bond motifs is 2. The maximum absolute atomic E-state index is 14.2. The van der Waals surface area contributed by atoms with E-state index in [1.165, 1.54) is 39.5 Å². The van der Waals surface area contributed by atoms with Crippen molar-refractivity contribution < 1.29 is 117 Å². The number of hydrogen-bond donors (Lipinski definition) is 8. The molecule has 6 fully saturated rings. The largest absolute Gasteiger partial charge is 0.457 e. The van der Waals surface area contributed by atoms with Crippen molar-refractivity contribution in [3.63, 3.8) is 0 Å². The van der Waals surface area contributed by atoms with Crippen molar-refractivity contribution in [3.8, 4) is 0 Å². The predicted molar refractivity (Wildman–Crippen MR) is 325 cm³/mol. The van der Waals surface area contributed by atoms with Gasteiger partial charge in [0.05, 0.1) is 36.6 Å². The van der Waals surface area contributed by atoms with Crippen molar-refractivity contribution >= 4 is 17.9 Å². The summed E-state index contributed by atoms with van der Waals surface area (Å²) in [7, 11) is 0. The van der Waals surface area contributed by atoms with Gasteiger partial charge in [0.2, 0.25) is 0 Å². The number of esters is 3. The van der Waals surface area contributed by atoms with Crippen molar-refractivity contribution in [2.45, 2.75) is 401 Å². The lowest BCUT2D eigenvalue weighted by Gasteiger charge is -2.51. The van der Waals surface area contributed by atoms with Crippen LogP contribution in [0.1, 0.15) is 242 Å². The van der Waals surface area contributed by atoms with Crippen LogP contribution in [0.2, 0.25) is 0 Å². The molecule has 8 N–H and O–H groups in total. The Hall–Kier alpha value is -2.31. The van der Waals surface area contributed by atoms with Gasteiger partial charge in [-0.1, -0.05) is 156 Å². The lowest BCUT2D eigenvalue weighted by atomic mass is 9.95. The van der Waals surface area contributed by atoms with Crippen LogP contribution in [-0.2, 0) is 76.0 Å². The molecule has 0 amide bonds. The number of hydrogen-bond acceptors (Lipinski definition) is 24. The molecule has 6 heterocycles. The summed E-state index contributed by atoms with van der Waals surface area (Å²) in [5, 5.41) is 92.3. The van der Waals surface area contributed by atoms with E-state index in [0.29, 0.717) is 32.1 Å². The average molecular weight is 1290 g/mol. The van der Waals surface area contributed by atoms with Gasteiger partial charge in [0.1, 0.15) is 73.2 Å². The average Bonchev–Trinajstić information content (AvgIpc) is 0.814.